The predicted molar refractivity (Wildman–Crippen MR) is 72.3 cm³/mol. The smallest absolute Gasteiger partial charge is 0.0761 e. The van der Waals surface area contributed by atoms with Crippen LogP contribution in [-0.2, 0) is 0 Å². The van der Waals surface area contributed by atoms with Gasteiger partial charge in [-0.2, -0.15) is 0 Å². The lowest BCUT2D eigenvalue weighted by Gasteiger charge is -2.23. The predicted octanol–water partition coefficient (Wildman–Crippen LogP) is 3.37. The number of hydrogen-bond acceptors (Lipinski definition) is 2. The summed E-state index contributed by atoms with van der Waals surface area (Å²) in [5.41, 5.74) is 2.24. The van der Waals surface area contributed by atoms with E-state index in [4.69, 9.17) is 0 Å². The molecule has 0 amide bonds. The molecule has 94 valence electrons. The lowest BCUT2D eigenvalue weighted by Crippen LogP contribution is -2.23. The summed E-state index contributed by atoms with van der Waals surface area (Å²) in [5, 5.41) is 9.47. The molecule has 2 rings (SSSR count). The maximum atomic E-state index is 9.47. The third-order valence-electron chi connectivity index (χ3n) is 3.82. The third-order valence-corrected chi connectivity index (χ3v) is 3.82. The number of aliphatic hydroxyl groups excluding tert-OH is 1. The molecule has 1 fully saturated rings. The first-order chi connectivity index (χ1) is 8.16. The Balaban J connectivity index is 1.96. The summed E-state index contributed by atoms with van der Waals surface area (Å²) in [6.45, 7) is 2.96. The van der Waals surface area contributed by atoms with Crippen molar-refractivity contribution in [3.8, 4) is 0 Å². The second-order valence-corrected chi connectivity index (χ2v) is 5.30. The normalized spacial score (nSPS) is 18.3. The molecule has 1 aromatic rings. The molecule has 0 aliphatic heterocycles. The second kappa shape index (κ2) is 5.54. The fourth-order valence-corrected chi connectivity index (χ4v) is 2.69. The van der Waals surface area contributed by atoms with Gasteiger partial charge in [0.25, 0.3) is 0 Å². The molecule has 1 aliphatic rings. The highest BCUT2D eigenvalue weighted by Gasteiger charge is 2.16. The SMILES string of the molecule is CC(O)c1ccc(N(C)CC2CCCC2)cc1. The Kier molecular flexibility index (Phi) is 4.06. The molecule has 2 nitrogen and oxygen atoms in total. The number of anilines is 1. The molecule has 1 unspecified atom stereocenters. The minimum atomic E-state index is -0.371. The van der Waals surface area contributed by atoms with Gasteiger partial charge in [-0.15, -0.1) is 0 Å². The van der Waals surface area contributed by atoms with E-state index >= 15 is 0 Å². The van der Waals surface area contributed by atoms with Crippen LogP contribution in [0.3, 0.4) is 0 Å². The lowest BCUT2D eigenvalue weighted by molar-refractivity contribution is 0.199. The Morgan fingerprint density at radius 2 is 1.82 bits per heavy atom. The van der Waals surface area contributed by atoms with Crippen LogP contribution >= 0.6 is 0 Å². The van der Waals surface area contributed by atoms with Gasteiger partial charge in [-0.3, -0.25) is 0 Å². The highest BCUT2D eigenvalue weighted by Crippen LogP contribution is 2.27. The average Bonchev–Trinajstić information content (AvgIpc) is 2.82. The van der Waals surface area contributed by atoms with Gasteiger partial charge in [0.05, 0.1) is 6.10 Å². The lowest BCUT2D eigenvalue weighted by atomic mass is 10.1. The van der Waals surface area contributed by atoms with Crippen LogP contribution in [0.4, 0.5) is 5.69 Å². The van der Waals surface area contributed by atoms with Crippen LogP contribution in [-0.4, -0.2) is 18.7 Å². The molecule has 0 bridgehead atoms. The Labute approximate surface area is 104 Å². The van der Waals surface area contributed by atoms with Crippen molar-refractivity contribution in [2.45, 2.75) is 38.7 Å². The molecule has 1 atom stereocenters. The van der Waals surface area contributed by atoms with Crippen molar-refractivity contribution in [3.63, 3.8) is 0 Å². The molecule has 1 saturated carbocycles. The minimum Gasteiger partial charge on any atom is -0.389 e. The zero-order valence-electron chi connectivity index (χ0n) is 10.9. The topological polar surface area (TPSA) is 23.5 Å². The number of rotatable bonds is 4. The fraction of sp³-hybridized carbons (Fsp3) is 0.600. The fourth-order valence-electron chi connectivity index (χ4n) is 2.69. The zero-order valence-corrected chi connectivity index (χ0v) is 10.9. The Morgan fingerprint density at radius 1 is 1.24 bits per heavy atom. The molecule has 0 aromatic heterocycles. The van der Waals surface area contributed by atoms with E-state index in [1.54, 1.807) is 6.92 Å². The summed E-state index contributed by atoms with van der Waals surface area (Å²) in [7, 11) is 2.16. The van der Waals surface area contributed by atoms with Crippen molar-refractivity contribution in [1.29, 1.82) is 0 Å². The molecule has 2 heteroatoms. The highest BCUT2D eigenvalue weighted by molar-refractivity contribution is 5.47. The molecule has 1 aromatic carbocycles. The van der Waals surface area contributed by atoms with Crippen LogP contribution < -0.4 is 4.90 Å². The van der Waals surface area contributed by atoms with Crippen molar-refractivity contribution in [1.82, 2.24) is 0 Å². The number of nitrogens with zero attached hydrogens (tertiary/aromatic N) is 1. The van der Waals surface area contributed by atoms with Gasteiger partial charge in [0.2, 0.25) is 0 Å². The summed E-state index contributed by atoms with van der Waals surface area (Å²) in [6, 6.07) is 8.25. The van der Waals surface area contributed by atoms with E-state index in [1.165, 1.54) is 31.4 Å². The van der Waals surface area contributed by atoms with Crippen LogP contribution in [0.5, 0.6) is 0 Å². The summed E-state index contributed by atoms with van der Waals surface area (Å²) in [6.07, 6.45) is 5.20. The molecule has 17 heavy (non-hydrogen) atoms. The molecule has 1 aliphatic carbocycles. The Morgan fingerprint density at radius 3 is 2.35 bits per heavy atom. The number of aliphatic hydroxyl groups is 1. The van der Waals surface area contributed by atoms with E-state index < -0.39 is 0 Å². The average molecular weight is 233 g/mol. The molecule has 0 saturated heterocycles. The van der Waals surface area contributed by atoms with E-state index in [-0.39, 0.29) is 6.10 Å². The number of hydrogen-bond donors (Lipinski definition) is 1. The van der Waals surface area contributed by atoms with Crippen molar-refractivity contribution in [2.24, 2.45) is 5.92 Å². The van der Waals surface area contributed by atoms with Crippen LogP contribution in [0.15, 0.2) is 24.3 Å². The molecular formula is C15H23NO. The third kappa shape index (κ3) is 3.22. The van der Waals surface area contributed by atoms with Gasteiger partial charge in [-0.25, -0.2) is 0 Å². The van der Waals surface area contributed by atoms with Crippen molar-refractivity contribution < 1.29 is 5.11 Å². The van der Waals surface area contributed by atoms with Gasteiger partial charge in [0, 0.05) is 19.3 Å². The van der Waals surface area contributed by atoms with Crippen LogP contribution in [0.2, 0.25) is 0 Å². The first kappa shape index (κ1) is 12.4. The van der Waals surface area contributed by atoms with Crippen molar-refractivity contribution >= 4 is 5.69 Å². The van der Waals surface area contributed by atoms with Crippen LogP contribution in [0.1, 0.15) is 44.3 Å². The summed E-state index contributed by atoms with van der Waals surface area (Å²) in [4.78, 5) is 2.34. The number of benzene rings is 1. The van der Waals surface area contributed by atoms with Crippen LogP contribution in [0.25, 0.3) is 0 Å². The standard InChI is InChI=1S/C15H23NO/c1-12(17)14-7-9-15(10-8-14)16(2)11-13-5-3-4-6-13/h7-10,12-13,17H,3-6,11H2,1-2H3. The van der Waals surface area contributed by atoms with Gasteiger partial charge in [-0.05, 0) is 43.4 Å². The maximum Gasteiger partial charge on any atom is 0.0761 e. The van der Waals surface area contributed by atoms with Gasteiger partial charge < -0.3 is 10.0 Å². The molecule has 0 spiro atoms. The zero-order chi connectivity index (χ0) is 12.3. The molecular weight excluding hydrogens is 210 g/mol. The second-order valence-electron chi connectivity index (χ2n) is 5.30. The molecule has 0 heterocycles. The summed E-state index contributed by atoms with van der Waals surface area (Å²) < 4.78 is 0. The first-order valence-corrected chi connectivity index (χ1v) is 6.66. The highest BCUT2D eigenvalue weighted by atomic mass is 16.3. The Hall–Kier alpha value is -1.02. The van der Waals surface area contributed by atoms with E-state index in [1.807, 2.05) is 12.1 Å². The summed E-state index contributed by atoms with van der Waals surface area (Å²) in [5.74, 6) is 0.872. The Bertz CT molecular complexity index is 338. The largest absolute Gasteiger partial charge is 0.389 e. The van der Waals surface area contributed by atoms with E-state index in [0.717, 1.165) is 18.0 Å². The molecule has 1 N–H and O–H groups in total. The van der Waals surface area contributed by atoms with Gasteiger partial charge in [-0.1, -0.05) is 25.0 Å². The molecule has 0 radical (unpaired) electrons. The quantitative estimate of drug-likeness (QED) is 0.862. The van der Waals surface area contributed by atoms with Gasteiger partial charge >= 0.3 is 0 Å². The maximum absolute atomic E-state index is 9.47. The van der Waals surface area contributed by atoms with Crippen LogP contribution in [0, 0.1) is 5.92 Å². The summed E-state index contributed by atoms with van der Waals surface area (Å²) >= 11 is 0. The van der Waals surface area contributed by atoms with E-state index in [2.05, 4.69) is 24.1 Å². The monoisotopic (exact) mass is 233 g/mol. The van der Waals surface area contributed by atoms with E-state index in [9.17, 15) is 5.11 Å². The van der Waals surface area contributed by atoms with Gasteiger partial charge in [0.1, 0.15) is 0 Å². The minimum absolute atomic E-state index is 0.371. The van der Waals surface area contributed by atoms with Crippen molar-refractivity contribution in [3.05, 3.63) is 29.8 Å². The van der Waals surface area contributed by atoms with Crippen molar-refractivity contribution in [2.75, 3.05) is 18.5 Å². The first-order valence-electron chi connectivity index (χ1n) is 6.66. The van der Waals surface area contributed by atoms with E-state index in [0.29, 0.717) is 0 Å². The van der Waals surface area contributed by atoms with Gasteiger partial charge in [0.15, 0.2) is 0 Å².